The fourth-order valence-electron chi connectivity index (χ4n) is 2.66. The molecule has 0 radical (unpaired) electrons. The van der Waals surface area contributed by atoms with E-state index in [0.717, 1.165) is 24.0 Å². The third-order valence-electron chi connectivity index (χ3n) is 3.59. The molecule has 130 valence electrons. The van der Waals surface area contributed by atoms with Gasteiger partial charge in [-0.1, -0.05) is 31.2 Å². The SMILES string of the molecule is CCCC(=O)c1ccccc1CC[Si](OCC)(OCC)OCC. The Morgan fingerprint density at radius 3 is 2.04 bits per heavy atom. The van der Waals surface area contributed by atoms with Gasteiger partial charge in [-0.25, -0.2) is 0 Å². The number of ketones is 1. The van der Waals surface area contributed by atoms with Gasteiger partial charge < -0.3 is 13.3 Å². The Labute approximate surface area is 141 Å². The second-order valence-corrected chi connectivity index (χ2v) is 8.04. The maximum absolute atomic E-state index is 12.3. The smallest absolute Gasteiger partial charge is 0.374 e. The van der Waals surface area contributed by atoms with E-state index in [1.807, 2.05) is 52.0 Å². The van der Waals surface area contributed by atoms with Crippen molar-refractivity contribution in [3.63, 3.8) is 0 Å². The Kier molecular flexibility index (Phi) is 9.32. The number of carbonyl (C=O) groups excluding carboxylic acids is 1. The third-order valence-corrected chi connectivity index (χ3v) is 6.64. The first-order valence-electron chi connectivity index (χ1n) is 8.65. The maximum Gasteiger partial charge on any atom is 0.501 e. The number of hydrogen-bond acceptors (Lipinski definition) is 4. The molecule has 4 nitrogen and oxygen atoms in total. The van der Waals surface area contributed by atoms with Crippen molar-refractivity contribution in [2.75, 3.05) is 19.8 Å². The molecule has 0 amide bonds. The van der Waals surface area contributed by atoms with Crippen molar-refractivity contribution in [3.8, 4) is 0 Å². The van der Waals surface area contributed by atoms with E-state index in [4.69, 9.17) is 13.3 Å². The number of hydrogen-bond donors (Lipinski definition) is 0. The molecule has 0 saturated heterocycles. The van der Waals surface area contributed by atoms with Gasteiger partial charge in [-0.3, -0.25) is 4.79 Å². The number of benzene rings is 1. The van der Waals surface area contributed by atoms with Crippen LogP contribution in [0.2, 0.25) is 6.04 Å². The molecule has 0 atom stereocenters. The highest BCUT2D eigenvalue weighted by Gasteiger charge is 2.40. The average molecular weight is 339 g/mol. The second-order valence-electron chi connectivity index (χ2n) is 5.31. The van der Waals surface area contributed by atoms with Crippen molar-refractivity contribution in [3.05, 3.63) is 35.4 Å². The summed E-state index contributed by atoms with van der Waals surface area (Å²) < 4.78 is 17.7. The summed E-state index contributed by atoms with van der Waals surface area (Å²) >= 11 is 0. The Bertz CT molecular complexity index is 459. The second kappa shape index (κ2) is 10.7. The molecule has 0 spiro atoms. The summed E-state index contributed by atoms with van der Waals surface area (Å²) in [6.45, 7) is 9.61. The molecule has 23 heavy (non-hydrogen) atoms. The zero-order chi connectivity index (χ0) is 17.1. The largest absolute Gasteiger partial charge is 0.501 e. The van der Waals surface area contributed by atoms with Crippen LogP contribution < -0.4 is 0 Å². The van der Waals surface area contributed by atoms with E-state index in [2.05, 4.69) is 0 Å². The minimum atomic E-state index is -2.67. The van der Waals surface area contributed by atoms with Gasteiger partial charge in [-0.15, -0.1) is 0 Å². The lowest BCUT2D eigenvalue weighted by Crippen LogP contribution is -2.46. The quantitative estimate of drug-likeness (QED) is 0.422. The highest BCUT2D eigenvalue weighted by molar-refractivity contribution is 6.60. The summed E-state index contributed by atoms with van der Waals surface area (Å²) in [4.78, 5) is 12.3. The van der Waals surface area contributed by atoms with Crippen molar-refractivity contribution in [2.45, 2.75) is 53.0 Å². The van der Waals surface area contributed by atoms with Crippen LogP contribution in [0, 0.1) is 0 Å². The lowest BCUT2D eigenvalue weighted by molar-refractivity contribution is 0.0713. The van der Waals surface area contributed by atoms with E-state index in [-0.39, 0.29) is 5.78 Å². The minimum absolute atomic E-state index is 0.208. The molecule has 0 aliphatic heterocycles. The summed E-state index contributed by atoms with van der Waals surface area (Å²) in [5.41, 5.74) is 1.88. The molecule has 0 saturated carbocycles. The van der Waals surface area contributed by atoms with Crippen molar-refractivity contribution in [1.82, 2.24) is 0 Å². The predicted molar refractivity (Wildman–Crippen MR) is 94.8 cm³/mol. The molecule has 0 heterocycles. The lowest BCUT2D eigenvalue weighted by atomic mass is 9.99. The van der Waals surface area contributed by atoms with Crippen LogP contribution in [0.1, 0.15) is 56.5 Å². The topological polar surface area (TPSA) is 44.8 Å². The molecule has 0 aromatic heterocycles. The van der Waals surface area contributed by atoms with E-state index in [9.17, 15) is 4.79 Å². The summed E-state index contributed by atoms with van der Waals surface area (Å²) in [7, 11) is -2.67. The molecule has 1 rings (SSSR count). The van der Waals surface area contributed by atoms with Crippen LogP contribution in [-0.2, 0) is 19.7 Å². The van der Waals surface area contributed by atoms with Gasteiger partial charge in [0.25, 0.3) is 0 Å². The molecule has 0 unspecified atom stereocenters. The summed E-state index contributed by atoms with van der Waals surface area (Å²) in [6.07, 6.45) is 2.18. The van der Waals surface area contributed by atoms with Gasteiger partial charge in [0.1, 0.15) is 0 Å². The Balaban J connectivity index is 2.90. The Morgan fingerprint density at radius 1 is 0.957 bits per heavy atom. The van der Waals surface area contributed by atoms with Crippen molar-refractivity contribution in [1.29, 1.82) is 0 Å². The standard InChI is InChI=1S/C18H30O4Si/c1-5-11-18(19)17-13-10-9-12-16(17)14-15-23(20-6-2,21-7-3)22-8-4/h9-10,12-13H,5-8,11,14-15H2,1-4H3. The highest BCUT2D eigenvalue weighted by atomic mass is 28.4. The summed E-state index contributed by atoms with van der Waals surface area (Å²) in [5.74, 6) is 0.208. The van der Waals surface area contributed by atoms with E-state index >= 15 is 0 Å². The molecule has 1 aromatic rings. The zero-order valence-corrected chi connectivity index (χ0v) is 15.9. The Hall–Kier alpha value is -1.01. The Morgan fingerprint density at radius 2 is 1.52 bits per heavy atom. The van der Waals surface area contributed by atoms with Gasteiger partial charge in [-0.2, -0.15) is 0 Å². The molecule has 1 aromatic carbocycles. The van der Waals surface area contributed by atoms with E-state index in [0.29, 0.717) is 32.3 Å². The van der Waals surface area contributed by atoms with Crippen molar-refractivity contribution in [2.24, 2.45) is 0 Å². The number of rotatable bonds is 12. The van der Waals surface area contributed by atoms with Crippen LogP contribution in [0.25, 0.3) is 0 Å². The first kappa shape index (κ1) is 20.0. The molecule has 0 aliphatic rings. The van der Waals surface area contributed by atoms with Crippen LogP contribution in [0.3, 0.4) is 0 Å². The normalized spacial score (nSPS) is 11.7. The van der Waals surface area contributed by atoms with Crippen molar-refractivity contribution < 1.29 is 18.1 Å². The van der Waals surface area contributed by atoms with Gasteiger partial charge >= 0.3 is 8.80 Å². The molecule has 0 aliphatic carbocycles. The van der Waals surface area contributed by atoms with Crippen molar-refractivity contribution >= 4 is 14.6 Å². The summed E-state index contributed by atoms with van der Waals surface area (Å²) in [5, 5.41) is 0. The minimum Gasteiger partial charge on any atom is -0.374 e. The van der Waals surface area contributed by atoms with Crippen LogP contribution in [0.5, 0.6) is 0 Å². The number of aryl methyl sites for hydroxylation is 1. The molecule has 0 bridgehead atoms. The van der Waals surface area contributed by atoms with Gasteiger partial charge in [0.05, 0.1) is 0 Å². The van der Waals surface area contributed by atoms with E-state index in [1.165, 1.54) is 0 Å². The first-order valence-corrected chi connectivity index (χ1v) is 10.6. The van der Waals surface area contributed by atoms with Crippen LogP contribution in [0.15, 0.2) is 24.3 Å². The maximum atomic E-state index is 12.3. The van der Waals surface area contributed by atoms with Gasteiger partial charge in [0, 0.05) is 37.8 Å². The van der Waals surface area contributed by atoms with Gasteiger partial charge in [0.15, 0.2) is 5.78 Å². The highest BCUT2D eigenvalue weighted by Crippen LogP contribution is 2.22. The van der Waals surface area contributed by atoms with Crippen LogP contribution in [0.4, 0.5) is 0 Å². The third kappa shape index (κ3) is 6.18. The summed E-state index contributed by atoms with van der Waals surface area (Å²) in [6, 6.07) is 8.53. The fraction of sp³-hybridized carbons (Fsp3) is 0.611. The van der Waals surface area contributed by atoms with Gasteiger partial charge in [-0.05, 0) is 39.2 Å². The molecule has 0 N–H and O–H groups in total. The number of carbonyl (C=O) groups is 1. The average Bonchev–Trinajstić information content (AvgIpc) is 2.54. The molecular weight excluding hydrogens is 308 g/mol. The molecule has 5 heteroatoms. The fourth-order valence-corrected chi connectivity index (χ4v) is 5.24. The van der Waals surface area contributed by atoms with E-state index in [1.54, 1.807) is 0 Å². The van der Waals surface area contributed by atoms with Crippen LogP contribution >= 0.6 is 0 Å². The monoisotopic (exact) mass is 338 g/mol. The lowest BCUT2D eigenvalue weighted by Gasteiger charge is -2.28. The van der Waals surface area contributed by atoms with Crippen LogP contribution in [-0.4, -0.2) is 34.4 Å². The zero-order valence-electron chi connectivity index (χ0n) is 14.9. The molecule has 0 fully saturated rings. The molecular formula is C18H30O4Si. The number of Topliss-reactive ketones (excluding diaryl/α,β-unsaturated/α-hetero) is 1. The van der Waals surface area contributed by atoms with E-state index < -0.39 is 8.80 Å². The van der Waals surface area contributed by atoms with Gasteiger partial charge in [0.2, 0.25) is 0 Å². The predicted octanol–water partition coefficient (Wildman–Crippen LogP) is 4.26. The first-order chi connectivity index (χ1) is 11.1.